The average Bonchev–Trinajstić information content (AvgIpc) is 2.99. The Kier molecular flexibility index (Phi) is 5.38. The first-order valence-corrected chi connectivity index (χ1v) is 11.0. The number of amidine groups is 1. The van der Waals surface area contributed by atoms with E-state index in [-0.39, 0.29) is 42.1 Å². The van der Waals surface area contributed by atoms with Crippen molar-refractivity contribution in [1.29, 1.82) is 0 Å². The van der Waals surface area contributed by atoms with Gasteiger partial charge in [-0.25, -0.2) is 8.42 Å². The predicted molar refractivity (Wildman–Crippen MR) is 98.8 cm³/mol. The van der Waals surface area contributed by atoms with Crippen molar-refractivity contribution >= 4 is 44.3 Å². The van der Waals surface area contributed by atoms with Crippen LogP contribution in [0.15, 0.2) is 29.3 Å². The molecule has 0 spiro atoms. The topological polar surface area (TPSA) is 107 Å². The van der Waals surface area contributed by atoms with Crippen LogP contribution in [0.1, 0.15) is 24.8 Å². The molecule has 3 rings (SSSR count). The molecule has 0 radical (unpaired) electrons. The van der Waals surface area contributed by atoms with Crippen molar-refractivity contribution in [3.8, 4) is 0 Å². The molecule has 1 aromatic rings. The second-order valence-electron chi connectivity index (χ2n) is 6.52. The van der Waals surface area contributed by atoms with Crippen LogP contribution in [-0.2, 0) is 19.4 Å². The molecule has 0 aliphatic carbocycles. The third-order valence-corrected chi connectivity index (χ3v) is 7.58. The van der Waals surface area contributed by atoms with Crippen molar-refractivity contribution in [2.24, 2.45) is 4.99 Å². The van der Waals surface area contributed by atoms with E-state index in [1.54, 1.807) is 0 Å². The normalized spacial score (nSPS) is 25.4. The lowest BCUT2D eigenvalue weighted by molar-refractivity contribution is -0.305. The summed E-state index contributed by atoms with van der Waals surface area (Å²) in [7, 11) is -3.10. The summed E-state index contributed by atoms with van der Waals surface area (Å²) >= 11 is 1.31. The number of aliphatic carboxylic acids is 1. The number of fused-ring (bicyclic) bond motifs is 1. The number of carbonyl (C=O) groups is 2. The van der Waals surface area contributed by atoms with E-state index in [9.17, 15) is 23.1 Å². The number of thioether (sulfide) groups is 1. The van der Waals surface area contributed by atoms with E-state index in [0.29, 0.717) is 5.17 Å². The Hall–Kier alpha value is -1.87. The maximum absolute atomic E-state index is 12.1. The van der Waals surface area contributed by atoms with Crippen molar-refractivity contribution in [2.75, 3.05) is 16.4 Å². The first-order chi connectivity index (χ1) is 12.2. The molecule has 0 bridgehead atoms. The van der Waals surface area contributed by atoms with Gasteiger partial charge in [0.25, 0.3) is 0 Å². The zero-order valence-electron chi connectivity index (χ0n) is 14.3. The van der Waals surface area contributed by atoms with Crippen LogP contribution in [-0.4, -0.2) is 48.3 Å². The second kappa shape index (κ2) is 7.40. The first kappa shape index (κ1) is 18.9. The Morgan fingerprint density at radius 1 is 1.23 bits per heavy atom. The number of sulfone groups is 1. The summed E-state index contributed by atoms with van der Waals surface area (Å²) in [6.45, 7) is 1.96. The lowest BCUT2D eigenvalue weighted by Crippen LogP contribution is -2.37. The van der Waals surface area contributed by atoms with Gasteiger partial charge in [-0.1, -0.05) is 29.5 Å². The van der Waals surface area contributed by atoms with E-state index in [2.05, 4.69) is 4.99 Å². The summed E-state index contributed by atoms with van der Waals surface area (Å²) in [6.07, 6.45) is 0.0106. The van der Waals surface area contributed by atoms with E-state index in [1.807, 2.05) is 36.1 Å². The molecule has 2 aliphatic heterocycles. The Morgan fingerprint density at radius 3 is 2.58 bits per heavy atom. The van der Waals surface area contributed by atoms with E-state index in [1.165, 1.54) is 11.8 Å². The largest absolute Gasteiger partial charge is 0.550 e. The number of amides is 1. The fourth-order valence-electron chi connectivity index (χ4n) is 3.12. The van der Waals surface area contributed by atoms with Crippen molar-refractivity contribution in [3.05, 3.63) is 29.8 Å². The molecule has 1 amide bonds. The number of aliphatic imine (C=N–C) groups is 1. The summed E-state index contributed by atoms with van der Waals surface area (Å²) in [6, 6.07) is 7.38. The van der Waals surface area contributed by atoms with Crippen molar-refractivity contribution in [3.63, 3.8) is 0 Å². The quantitative estimate of drug-likeness (QED) is 0.715. The van der Waals surface area contributed by atoms with E-state index < -0.39 is 21.7 Å². The maximum Gasteiger partial charge on any atom is 0.248 e. The van der Waals surface area contributed by atoms with Crippen LogP contribution in [0.2, 0.25) is 0 Å². The highest BCUT2D eigenvalue weighted by molar-refractivity contribution is 8.16. The van der Waals surface area contributed by atoms with E-state index >= 15 is 0 Å². The molecule has 0 saturated carbocycles. The number of benzene rings is 1. The van der Waals surface area contributed by atoms with Gasteiger partial charge in [-0.05, 0) is 31.9 Å². The lowest BCUT2D eigenvalue weighted by atomic mass is 10.1. The summed E-state index contributed by atoms with van der Waals surface area (Å²) in [5.74, 6) is -1.49. The van der Waals surface area contributed by atoms with Gasteiger partial charge in [0.05, 0.1) is 17.5 Å². The fraction of sp³-hybridized carbons (Fsp3) is 0.471. The van der Waals surface area contributed by atoms with Gasteiger partial charge in [-0.15, -0.1) is 0 Å². The Balaban J connectivity index is 1.84. The van der Waals surface area contributed by atoms with Crippen molar-refractivity contribution in [1.82, 2.24) is 0 Å². The molecule has 26 heavy (non-hydrogen) atoms. The minimum Gasteiger partial charge on any atom is -0.550 e. The molecule has 2 heterocycles. The van der Waals surface area contributed by atoms with Gasteiger partial charge in [0.2, 0.25) is 5.91 Å². The highest BCUT2D eigenvalue weighted by atomic mass is 32.2. The Morgan fingerprint density at radius 2 is 1.92 bits per heavy atom. The molecule has 2 saturated heterocycles. The van der Waals surface area contributed by atoms with Gasteiger partial charge >= 0.3 is 0 Å². The molecule has 1 aromatic carbocycles. The molecule has 2 atom stereocenters. The number of hydrogen-bond acceptors (Lipinski definition) is 6. The highest BCUT2D eigenvalue weighted by Crippen LogP contribution is 2.41. The summed E-state index contributed by atoms with van der Waals surface area (Å²) in [5.41, 5.74) is 1.88. The van der Waals surface area contributed by atoms with Crippen molar-refractivity contribution < 1.29 is 23.1 Å². The molecule has 7 nitrogen and oxygen atoms in total. The third kappa shape index (κ3) is 4.27. The van der Waals surface area contributed by atoms with Crippen LogP contribution in [0.25, 0.3) is 0 Å². The van der Waals surface area contributed by atoms with Crippen LogP contribution in [0, 0.1) is 6.92 Å². The molecule has 2 fully saturated rings. The minimum absolute atomic E-state index is 0.0212. The number of carboxylic acids is 1. The van der Waals surface area contributed by atoms with Crippen LogP contribution >= 0.6 is 11.8 Å². The highest BCUT2D eigenvalue weighted by Gasteiger charge is 2.49. The smallest absolute Gasteiger partial charge is 0.248 e. The monoisotopic (exact) mass is 395 g/mol. The van der Waals surface area contributed by atoms with Gasteiger partial charge in [-0.2, -0.15) is 4.99 Å². The SMILES string of the molecule is Cc1ccc(N2C(=NC(=O)CCCC(=O)[O-])S[C@@H]3CS(=O)(=O)C[C@@H]32)cc1. The molecule has 0 aromatic heterocycles. The van der Waals surface area contributed by atoms with Crippen LogP contribution in [0.5, 0.6) is 0 Å². The molecule has 2 aliphatic rings. The predicted octanol–water partition coefficient (Wildman–Crippen LogP) is 0.517. The standard InChI is InChI=1S/C17H20N2O5S2/c1-11-5-7-12(8-6-11)19-13-9-26(23,24)10-14(13)25-17(19)18-15(20)3-2-4-16(21)22/h5-8,13-14H,2-4,9-10H2,1H3,(H,21,22)/p-1/t13-,14+/m0/s1. The Bertz CT molecular complexity index is 848. The van der Waals surface area contributed by atoms with Gasteiger partial charge in [-0.3, -0.25) is 4.79 Å². The van der Waals surface area contributed by atoms with Gasteiger partial charge in [0.1, 0.15) is 0 Å². The summed E-state index contributed by atoms with van der Waals surface area (Å²) < 4.78 is 24.0. The van der Waals surface area contributed by atoms with Crippen molar-refractivity contribution in [2.45, 2.75) is 37.5 Å². The summed E-state index contributed by atoms with van der Waals surface area (Å²) in [4.78, 5) is 28.5. The number of anilines is 1. The number of nitrogens with zero attached hydrogens (tertiary/aromatic N) is 2. The van der Waals surface area contributed by atoms with Gasteiger partial charge in [0, 0.05) is 23.3 Å². The zero-order chi connectivity index (χ0) is 18.9. The Labute approximate surface area is 156 Å². The molecule has 9 heteroatoms. The number of carbonyl (C=O) groups excluding carboxylic acids is 2. The molecule has 0 unspecified atom stereocenters. The zero-order valence-corrected chi connectivity index (χ0v) is 15.9. The van der Waals surface area contributed by atoms with E-state index in [4.69, 9.17) is 0 Å². The number of hydrogen-bond donors (Lipinski definition) is 0. The van der Waals surface area contributed by atoms with Crippen LogP contribution in [0.3, 0.4) is 0 Å². The maximum atomic E-state index is 12.1. The molecule has 0 N–H and O–H groups in total. The van der Waals surface area contributed by atoms with E-state index in [0.717, 1.165) is 11.3 Å². The third-order valence-electron chi connectivity index (χ3n) is 4.37. The minimum atomic E-state index is -3.10. The number of aryl methyl sites for hydroxylation is 1. The van der Waals surface area contributed by atoms with Gasteiger partial charge in [0.15, 0.2) is 15.0 Å². The number of rotatable bonds is 5. The molecule has 140 valence electrons. The van der Waals surface area contributed by atoms with Crippen LogP contribution < -0.4 is 10.0 Å². The van der Waals surface area contributed by atoms with Gasteiger partial charge < -0.3 is 14.8 Å². The molecular formula is C17H19N2O5S2-. The summed E-state index contributed by atoms with van der Waals surface area (Å²) in [5, 5.41) is 10.8. The fourth-order valence-corrected chi connectivity index (χ4v) is 7.05. The lowest BCUT2D eigenvalue weighted by Gasteiger charge is -2.24. The average molecular weight is 395 g/mol. The first-order valence-electron chi connectivity index (χ1n) is 8.29. The van der Waals surface area contributed by atoms with Crippen LogP contribution in [0.4, 0.5) is 5.69 Å². The molecular weight excluding hydrogens is 376 g/mol. The number of carboxylic acid groups (broad SMARTS) is 1. The second-order valence-corrected chi connectivity index (χ2v) is 9.88.